The Labute approximate surface area is 68.3 Å². The molecule has 0 bridgehead atoms. The number of nitrogens with zero attached hydrogens (tertiary/aromatic N) is 1. The van der Waals surface area contributed by atoms with Crippen LogP contribution in [0.1, 0.15) is 5.69 Å². The molecule has 4 heteroatoms. The van der Waals surface area contributed by atoms with E-state index in [1.165, 1.54) is 0 Å². The number of imidazole rings is 1. The molecule has 0 aliphatic rings. The topological polar surface area (TPSA) is 54.7 Å². The second-order valence-corrected chi connectivity index (χ2v) is 1.62. The summed E-state index contributed by atoms with van der Waals surface area (Å²) in [4.78, 5) is 6.78. The van der Waals surface area contributed by atoms with Crippen LogP contribution < -0.4 is 5.73 Å². The first-order valence-corrected chi connectivity index (χ1v) is 2.61. The first-order chi connectivity index (χ1) is 3.93. The number of nitrogens with one attached hydrogen (secondary N) is 1. The average molecular weight is 295 g/mol. The summed E-state index contributed by atoms with van der Waals surface area (Å²) in [7, 11) is 0. The Morgan fingerprint density at radius 2 is 2.44 bits per heavy atom. The van der Waals surface area contributed by atoms with Crippen molar-refractivity contribution in [3.63, 3.8) is 0 Å². The number of aromatic amines is 1. The molecular formula is C5H9N3W. The molecule has 0 saturated heterocycles. The SMILES string of the molecule is NCCc1cnc[nH]1.[W]. The van der Waals surface area contributed by atoms with Crippen molar-refractivity contribution in [3.05, 3.63) is 18.2 Å². The molecule has 1 rings (SSSR count). The van der Waals surface area contributed by atoms with Crippen molar-refractivity contribution in [2.45, 2.75) is 6.42 Å². The molecule has 0 amide bonds. The summed E-state index contributed by atoms with van der Waals surface area (Å²) in [6, 6.07) is 0. The normalized spacial score (nSPS) is 8.56. The zero-order valence-electron chi connectivity index (χ0n) is 5.00. The Balaban J connectivity index is 0.000000640. The van der Waals surface area contributed by atoms with Gasteiger partial charge >= 0.3 is 0 Å². The van der Waals surface area contributed by atoms with E-state index >= 15 is 0 Å². The minimum absolute atomic E-state index is 0. The third kappa shape index (κ3) is 2.78. The van der Waals surface area contributed by atoms with Crippen LogP contribution in [0.25, 0.3) is 0 Å². The summed E-state index contributed by atoms with van der Waals surface area (Å²) in [5.41, 5.74) is 6.38. The van der Waals surface area contributed by atoms with Gasteiger partial charge in [-0.1, -0.05) is 0 Å². The summed E-state index contributed by atoms with van der Waals surface area (Å²) in [5.74, 6) is 0. The molecule has 3 N–H and O–H groups in total. The predicted octanol–water partition coefficient (Wildman–Crippen LogP) is -0.0916. The van der Waals surface area contributed by atoms with Gasteiger partial charge in [0.05, 0.1) is 6.33 Å². The third-order valence-electron chi connectivity index (χ3n) is 0.969. The Morgan fingerprint density at radius 1 is 1.67 bits per heavy atom. The minimum Gasteiger partial charge on any atom is -0.348 e. The van der Waals surface area contributed by atoms with Crippen molar-refractivity contribution in [3.8, 4) is 0 Å². The molecule has 0 radical (unpaired) electrons. The molecule has 1 heterocycles. The molecule has 3 nitrogen and oxygen atoms in total. The molecule has 0 aliphatic heterocycles. The monoisotopic (exact) mass is 295 g/mol. The molecule has 50 valence electrons. The van der Waals surface area contributed by atoms with Crippen molar-refractivity contribution in [1.82, 2.24) is 9.97 Å². The van der Waals surface area contributed by atoms with Crippen LogP contribution >= 0.6 is 0 Å². The van der Waals surface area contributed by atoms with Crippen LogP contribution in [-0.2, 0) is 27.5 Å². The van der Waals surface area contributed by atoms with Gasteiger partial charge in [0.15, 0.2) is 0 Å². The zero-order chi connectivity index (χ0) is 5.82. The maximum Gasteiger partial charge on any atom is 0.0921 e. The largest absolute Gasteiger partial charge is 0.348 e. The van der Waals surface area contributed by atoms with Gasteiger partial charge in [0, 0.05) is 39.4 Å². The van der Waals surface area contributed by atoms with Crippen molar-refractivity contribution >= 4 is 0 Å². The van der Waals surface area contributed by atoms with Crippen LogP contribution in [-0.4, -0.2) is 16.5 Å². The molecule has 1 aromatic heterocycles. The smallest absolute Gasteiger partial charge is 0.0921 e. The number of hydrogen-bond donors (Lipinski definition) is 2. The Bertz CT molecular complexity index is 138. The van der Waals surface area contributed by atoms with E-state index in [2.05, 4.69) is 9.97 Å². The molecule has 0 atom stereocenters. The molecule has 0 aromatic carbocycles. The summed E-state index contributed by atoms with van der Waals surface area (Å²) in [5, 5.41) is 0. The minimum atomic E-state index is 0. The van der Waals surface area contributed by atoms with E-state index in [4.69, 9.17) is 5.73 Å². The molecular weight excluding hydrogens is 286 g/mol. The van der Waals surface area contributed by atoms with Crippen LogP contribution in [0, 0.1) is 0 Å². The van der Waals surface area contributed by atoms with Gasteiger partial charge in [-0.2, -0.15) is 0 Å². The fraction of sp³-hybridized carbons (Fsp3) is 0.400. The van der Waals surface area contributed by atoms with Gasteiger partial charge in [-0.05, 0) is 6.54 Å². The fourth-order valence-electron chi connectivity index (χ4n) is 0.577. The van der Waals surface area contributed by atoms with E-state index in [1.807, 2.05) is 0 Å². The van der Waals surface area contributed by atoms with Crippen molar-refractivity contribution < 1.29 is 21.1 Å². The Kier molecular flexibility index (Phi) is 4.64. The number of nitrogens with two attached hydrogens (primary N) is 1. The fourth-order valence-corrected chi connectivity index (χ4v) is 0.577. The van der Waals surface area contributed by atoms with Gasteiger partial charge < -0.3 is 10.7 Å². The molecule has 0 spiro atoms. The summed E-state index contributed by atoms with van der Waals surface area (Å²) >= 11 is 0. The second-order valence-electron chi connectivity index (χ2n) is 1.62. The summed E-state index contributed by atoms with van der Waals surface area (Å²) in [6.07, 6.45) is 4.33. The molecule has 0 saturated carbocycles. The van der Waals surface area contributed by atoms with Gasteiger partial charge in [-0.15, -0.1) is 0 Å². The third-order valence-corrected chi connectivity index (χ3v) is 0.969. The summed E-state index contributed by atoms with van der Waals surface area (Å²) in [6.45, 7) is 0.683. The van der Waals surface area contributed by atoms with Gasteiger partial charge in [-0.25, -0.2) is 4.98 Å². The van der Waals surface area contributed by atoms with E-state index in [9.17, 15) is 0 Å². The standard InChI is InChI=1S/C5H9N3.W/c6-2-1-5-3-7-4-8-5;/h3-4H,1-2,6H2,(H,7,8);. The Morgan fingerprint density at radius 3 is 2.89 bits per heavy atom. The van der Waals surface area contributed by atoms with E-state index in [0.29, 0.717) is 6.54 Å². The first-order valence-electron chi connectivity index (χ1n) is 2.61. The van der Waals surface area contributed by atoms with Crippen LogP contribution in [0.15, 0.2) is 12.5 Å². The molecule has 9 heavy (non-hydrogen) atoms. The predicted molar refractivity (Wildman–Crippen MR) is 31.3 cm³/mol. The van der Waals surface area contributed by atoms with Gasteiger partial charge in [0.25, 0.3) is 0 Å². The number of H-pyrrole nitrogens is 1. The zero-order valence-corrected chi connectivity index (χ0v) is 7.94. The van der Waals surface area contributed by atoms with Crippen LogP contribution in [0.5, 0.6) is 0 Å². The maximum atomic E-state index is 5.27. The molecule has 0 unspecified atom stereocenters. The molecule has 1 aromatic rings. The van der Waals surface area contributed by atoms with Crippen LogP contribution in [0.4, 0.5) is 0 Å². The van der Waals surface area contributed by atoms with Crippen molar-refractivity contribution in [2.75, 3.05) is 6.54 Å². The maximum absolute atomic E-state index is 5.27. The summed E-state index contributed by atoms with van der Waals surface area (Å²) < 4.78 is 0. The second kappa shape index (κ2) is 4.71. The van der Waals surface area contributed by atoms with Crippen molar-refractivity contribution in [1.29, 1.82) is 0 Å². The number of aromatic nitrogens is 2. The van der Waals surface area contributed by atoms with Crippen LogP contribution in [0.3, 0.4) is 0 Å². The Hall–Kier alpha value is -0.142. The van der Waals surface area contributed by atoms with Gasteiger partial charge in [-0.3, -0.25) is 0 Å². The average Bonchev–Trinajstić information content (AvgIpc) is 2.19. The van der Waals surface area contributed by atoms with E-state index < -0.39 is 0 Å². The van der Waals surface area contributed by atoms with E-state index in [-0.39, 0.29) is 21.1 Å². The number of hydrogen-bond acceptors (Lipinski definition) is 2. The van der Waals surface area contributed by atoms with Gasteiger partial charge in [0.2, 0.25) is 0 Å². The quantitative estimate of drug-likeness (QED) is 0.801. The van der Waals surface area contributed by atoms with E-state index in [1.54, 1.807) is 12.5 Å². The number of rotatable bonds is 2. The van der Waals surface area contributed by atoms with Crippen molar-refractivity contribution in [2.24, 2.45) is 5.73 Å². The van der Waals surface area contributed by atoms with Crippen LogP contribution in [0.2, 0.25) is 0 Å². The molecule has 0 aliphatic carbocycles. The van der Waals surface area contributed by atoms with E-state index in [0.717, 1.165) is 12.1 Å². The van der Waals surface area contributed by atoms with Gasteiger partial charge in [0.1, 0.15) is 0 Å². The first kappa shape index (κ1) is 8.86. The molecule has 0 fully saturated rings.